The van der Waals surface area contributed by atoms with E-state index in [1.807, 2.05) is 25.1 Å². The van der Waals surface area contributed by atoms with E-state index in [4.69, 9.17) is 9.15 Å². The number of nitrogens with one attached hydrogen (secondary N) is 1. The zero-order valence-electron chi connectivity index (χ0n) is 20.1. The summed E-state index contributed by atoms with van der Waals surface area (Å²) in [5.74, 6) is -1.74. The maximum atomic E-state index is 13.4. The van der Waals surface area contributed by atoms with Crippen molar-refractivity contribution in [3.8, 4) is 22.6 Å². The molecular weight excluding hydrogens is 474 g/mol. The summed E-state index contributed by atoms with van der Waals surface area (Å²) in [6.07, 6.45) is 0.996. The van der Waals surface area contributed by atoms with Crippen molar-refractivity contribution in [2.24, 2.45) is 0 Å². The summed E-state index contributed by atoms with van der Waals surface area (Å²) in [7, 11) is 1.24. The molecule has 0 bridgehead atoms. The zero-order valence-corrected chi connectivity index (χ0v) is 20.1. The van der Waals surface area contributed by atoms with Crippen LogP contribution in [0, 0.1) is 6.92 Å². The second-order valence-corrected chi connectivity index (χ2v) is 8.88. The quantitative estimate of drug-likeness (QED) is 0.300. The van der Waals surface area contributed by atoms with Crippen LogP contribution in [0.2, 0.25) is 0 Å². The van der Waals surface area contributed by atoms with Crippen LogP contribution in [0.1, 0.15) is 29.0 Å². The first-order chi connectivity index (χ1) is 17.8. The summed E-state index contributed by atoms with van der Waals surface area (Å²) in [6.45, 7) is 1.91. The van der Waals surface area contributed by atoms with Crippen LogP contribution in [0.3, 0.4) is 0 Å². The lowest BCUT2D eigenvalue weighted by atomic mass is 9.86. The summed E-state index contributed by atoms with van der Waals surface area (Å²) in [5, 5.41) is 21.4. The van der Waals surface area contributed by atoms with E-state index in [0.29, 0.717) is 11.1 Å². The number of hydrogen-bond donors (Lipinski definition) is 3. The number of fused-ring (bicyclic) bond motifs is 2. The second-order valence-electron chi connectivity index (χ2n) is 8.88. The van der Waals surface area contributed by atoms with Crippen LogP contribution in [-0.2, 0) is 9.53 Å². The lowest BCUT2D eigenvalue weighted by Crippen LogP contribution is -2.20. The molecule has 8 nitrogen and oxygen atoms in total. The third kappa shape index (κ3) is 4.33. The van der Waals surface area contributed by atoms with Gasteiger partial charge in [0.2, 0.25) is 5.43 Å². The number of aromatic nitrogens is 1. The highest BCUT2D eigenvalue weighted by Gasteiger charge is 2.29. The molecule has 0 fully saturated rings. The van der Waals surface area contributed by atoms with Gasteiger partial charge in [-0.05, 0) is 59.8 Å². The largest absolute Gasteiger partial charge is 0.508 e. The molecule has 1 unspecified atom stereocenters. The Morgan fingerprint density at radius 3 is 2.51 bits per heavy atom. The zero-order chi connectivity index (χ0) is 26.3. The number of rotatable bonds is 5. The van der Waals surface area contributed by atoms with Gasteiger partial charge in [-0.3, -0.25) is 14.4 Å². The third-order valence-corrected chi connectivity index (χ3v) is 6.49. The minimum absolute atomic E-state index is 0.0579. The molecule has 3 aromatic carbocycles. The molecule has 5 aromatic rings. The van der Waals surface area contributed by atoms with E-state index in [-0.39, 0.29) is 51.0 Å². The monoisotopic (exact) mass is 497 g/mol. The van der Waals surface area contributed by atoms with Gasteiger partial charge in [0, 0.05) is 22.6 Å². The number of H-pyrrole nitrogens is 1. The van der Waals surface area contributed by atoms with Crippen molar-refractivity contribution < 1.29 is 24.2 Å². The predicted octanol–water partition coefficient (Wildman–Crippen LogP) is 4.72. The van der Waals surface area contributed by atoms with Gasteiger partial charge >= 0.3 is 5.97 Å². The number of benzene rings is 3. The number of carbonyl (C=O) groups is 1. The molecule has 1 atom stereocenters. The van der Waals surface area contributed by atoms with E-state index in [0.717, 1.165) is 10.9 Å². The Bertz CT molecular complexity index is 1780. The van der Waals surface area contributed by atoms with Crippen LogP contribution in [0.5, 0.6) is 11.5 Å². The normalized spacial score (nSPS) is 12.1. The van der Waals surface area contributed by atoms with Gasteiger partial charge in [0.05, 0.1) is 24.5 Å². The van der Waals surface area contributed by atoms with Crippen molar-refractivity contribution in [3.63, 3.8) is 0 Å². The summed E-state index contributed by atoms with van der Waals surface area (Å²) >= 11 is 0. The number of carbonyl (C=O) groups excluding carboxylic acids is 1. The van der Waals surface area contributed by atoms with Crippen LogP contribution in [0.4, 0.5) is 0 Å². The van der Waals surface area contributed by atoms with Crippen molar-refractivity contribution in [1.82, 2.24) is 4.98 Å². The average Bonchev–Trinajstić information content (AvgIpc) is 2.88. The van der Waals surface area contributed by atoms with Gasteiger partial charge in [-0.25, -0.2) is 0 Å². The smallest absolute Gasteiger partial charge is 0.306 e. The maximum absolute atomic E-state index is 13.4. The first kappa shape index (κ1) is 23.9. The Labute approximate surface area is 210 Å². The molecule has 0 aliphatic heterocycles. The molecule has 0 spiro atoms. The van der Waals surface area contributed by atoms with E-state index < -0.39 is 17.4 Å². The number of esters is 1. The predicted molar refractivity (Wildman–Crippen MR) is 139 cm³/mol. The molecule has 0 aliphatic rings. The maximum Gasteiger partial charge on any atom is 0.306 e. The average molecular weight is 498 g/mol. The highest BCUT2D eigenvalue weighted by Crippen LogP contribution is 2.39. The molecule has 0 aliphatic carbocycles. The van der Waals surface area contributed by atoms with E-state index in [9.17, 15) is 24.6 Å². The van der Waals surface area contributed by atoms with Crippen LogP contribution in [0.15, 0.2) is 80.9 Å². The first-order valence-electron chi connectivity index (χ1n) is 11.5. The molecule has 5 rings (SSSR count). The highest BCUT2D eigenvalue weighted by atomic mass is 16.5. The molecule has 0 saturated heterocycles. The van der Waals surface area contributed by atoms with Crippen molar-refractivity contribution in [2.75, 3.05) is 7.11 Å². The van der Waals surface area contributed by atoms with Crippen LogP contribution >= 0.6 is 0 Å². The number of aromatic hydroxyl groups is 2. The SMILES string of the molecule is COC(=O)CC(c1cc2ccc(C)cc2[nH]c1=O)c1c(O)ccc2c(=O)c(-c3ccc(O)cc3)coc12. The number of methoxy groups -OCH3 is 1. The standard InChI is InChI=1S/C29H23NO7/c1-15-3-4-17-12-21(29(35)30-23(17)11-15)20(13-25(33)36-2)26-24(32)10-9-19-27(34)22(14-37-28(19)26)16-5-7-18(31)8-6-16/h3-12,14,20,31-32H,13H2,1-2H3,(H,30,35). The molecule has 8 heteroatoms. The van der Waals surface area contributed by atoms with Gasteiger partial charge in [-0.1, -0.05) is 24.3 Å². The van der Waals surface area contributed by atoms with Gasteiger partial charge in [0.25, 0.3) is 5.56 Å². The number of ether oxygens (including phenoxy) is 1. The molecule has 2 heterocycles. The Balaban J connectivity index is 1.76. The number of phenolic OH excluding ortho intramolecular Hbond substituents is 2. The molecule has 186 valence electrons. The lowest BCUT2D eigenvalue weighted by molar-refractivity contribution is -0.140. The van der Waals surface area contributed by atoms with Crippen molar-refractivity contribution in [2.45, 2.75) is 19.3 Å². The fourth-order valence-corrected chi connectivity index (χ4v) is 4.60. The molecule has 0 radical (unpaired) electrons. The Morgan fingerprint density at radius 1 is 1.03 bits per heavy atom. The molecule has 37 heavy (non-hydrogen) atoms. The van der Waals surface area contributed by atoms with Gasteiger partial charge < -0.3 is 24.4 Å². The fourth-order valence-electron chi connectivity index (χ4n) is 4.60. The number of aromatic amines is 1. The number of hydrogen-bond acceptors (Lipinski definition) is 7. The van der Waals surface area contributed by atoms with E-state index >= 15 is 0 Å². The van der Waals surface area contributed by atoms with Crippen LogP contribution in [0.25, 0.3) is 33.0 Å². The van der Waals surface area contributed by atoms with Crippen LogP contribution < -0.4 is 11.0 Å². The van der Waals surface area contributed by atoms with E-state index in [1.165, 1.54) is 37.6 Å². The molecule has 2 aromatic heterocycles. The highest BCUT2D eigenvalue weighted by molar-refractivity contribution is 5.88. The van der Waals surface area contributed by atoms with E-state index in [2.05, 4.69) is 4.98 Å². The number of pyridine rings is 1. The van der Waals surface area contributed by atoms with Gasteiger partial charge in [0.1, 0.15) is 23.3 Å². The number of aryl methyl sites for hydroxylation is 1. The van der Waals surface area contributed by atoms with Crippen LogP contribution in [-0.4, -0.2) is 28.3 Å². The third-order valence-electron chi connectivity index (χ3n) is 6.49. The first-order valence-corrected chi connectivity index (χ1v) is 11.5. The lowest BCUT2D eigenvalue weighted by Gasteiger charge is -2.19. The van der Waals surface area contributed by atoms with Gasteiger partial charge in [0.15, 0.2) is 0 Å². The summed E-state index contributed by atoms with van der Waals surface area (Å²) < 4.78 is 10.8. The minimum atomic E-state index is -0.965. The second kappa shape index (κ2) is 9.31. The molecular formula is C29H23NO7. The minimum Gasteiger partial charge on any atom is -0.508 e. The Kier molecular flexibility index (Phi) is 6.01. The Morgan fingerprint density at radius 2 is 1.78 bits per heavy atom. The van der Waals surface area contributed by atoms with Gasteiger partial charge in [-0.15, -0.1) is 0 Å². The Hall–Kier alpha value is -4.85. The molecule has 0 saturated carbocycles. The summed E-state index contributed by atoms with van der Waals surface area (Å²) in [4.78, 5) is 41.9. The number of phenols is 2. The molecule has 0 amide bonds. The van der Waals surface area contributed by atoms with Crippen molar-refractivity contribution >= 4 is 27.8 Å². The topological polar surface area (TPSA) is 130 Å². The fraction of sp³-hybridized carbons (Fsp3) is 0.138. The summed E-state index contributed by atoms with van der Waals surface area (Å²) in [6, 6.07) is 16.1. The van der Waals surface area contributed by atoms with E-state index in [1.54, 1.807) is 18.2 Å². The molecule has 3 N–H and O–H groups in total. The summed E-state index contributed by atoms with van der Waals surface area (Å²) in [5.41, 5.74) is 2.01. The van der Waals surface area contributed by atoms with Gasteiger partial charge in [-0.2, -0.15) is 0 Å². The van der Waals surface area contributed by atoms with Crippen molar-refractivity contribution in [1.29, 1.82) is 0 Å². The van der Waals surface area contributed by atoms with Crippen molar-refractivity contribution in [3.05, 3.63) is 104 Å².